The van der Waals surface area contributed by atoms with Crippen molar-refractivity contribution in [2.75, 3.05) is 24.7 Å². The van der Waals surface area contributed by atoms with E-state index in [0.717, 1.165) is 4.90 Å². The second-order valence-corrected chi connectivity index (χ2v) is 12.6. The Kier molecular flexibility index (Phi) is 9.65. The molecule has 0 saturated heterocycles. The lowest BCUT2D eigenvalue weighted by Gasteiger charge is -2.34. The predicted octanol–water partition coefficient (Wildman–Crippen LogP) is 6.50. The third-order valence-corrected chi connectivity index (χ3v) is 8.76. The first-order chi connectivity index (χ1) is 18.3. The first kappa shape index (κ1) is 30.8. The van der Waals surface area contributed by atoms with Crippen molar-refractivity contribution in [2.45, 2.75) is 64.6 Å². The van der Waals surface area contributed by atoms with Crippen LogP contribution in [0.4, 0.5) is 10.5 Å². The number of carbonyl (C=O) groups excluding carboxylic acids is 3. The summed E-state index contributed by atoms with van der Waals surface area (Å²) in [6.07, 6.45) is -1.26. The third-order valence-electron chi connectivity index (χ3n) is 6.13. The van der Waals surface area contributed by atoms with E-state index in [2.05, 4.69) is 0 Å². The summed E-state index contributed by atoms with van der Waals surface area (Å²) in [7, 11) is -4.14. The fourth-order valence-electron chi connectivity index (χ4n) is 4.70. The molecule has 0 saturated carbocycles. The molecule has 1 aliphatic heterocycles. The molecule has 0 aromatic heterocycles. The molecular weight excluding hydrogens is 545 g/mol. The number of amides is 2. The number of halogens is 1. The number of nitrogens with zero attached hydrogens (tertiary/aromatic N) is 1. The summed E-state index contributed by atoms with van der Waals surface area (Å²) in [5, 5.41) is 0.287. The average Bonchev–Trinajstić information content (AvgIpc) is 3.09. The zero-order chi connectivity index (χ0) is 29.0. The van der Waals surface area contributed by atoms with Gasteiger partial charge in [-0.05, 0) is 71.2 Å². The Bertz CT molecular complexity index is 1250. The summed E-state index contributed by atoms with van der Waals surface area (Å²) in [5.74, 6) is -1.52. The Hall–Kier alpha value is -2.71. The van der Waals surface area contributed by atoms with Gasteiger partial charge < -0.3 is 18.5 Å². The lowest BCUT2D eigenvalue weighted by molar-refractivity contribution is -0.143. The number of hydrogen-bond acceptors (Lipinski definition) is 8. The van der Waals surface area contributed by atoms with E-state index in [9.17, 15) is 18.9 Å². The molecule has 0 fully saturated rings. The van der Waals surface area contributed by atoms with Crippen LogP contribution in [0.5, 0.6) is 0 Å². The number of carbonyl (C=O) groups is 3. The molecule has 0 unspecified atom stereocenters. The van der Waals surface area contributed by atoms with Gasteiger partial charge in [-0.3, -0.25) is 14.2 Å². The predicted molar refractivity (Wildman–Crippen MR) is 148 cm³/mol. The molecule has 0 radical (unpaired) electrons. The van der Waals surface area contributed by atoms with Gasteiger partial charge in [0.05, 0.1) is 25.5 Å². The molecule has 1 aliphatic rings. The largest absolute Gasteiger partial charge is 0.465 e. The molecule has 1 heterocycles. The van der Waals surface area contributed by atoms with Crippen LogP contribution < -0.4 is 4.90 Å². The molecule has 2 atom stereocenters. The number of anilines is 1. The zero-order valence-corrected chi connectivity index (χ0v) is 24.7. The van der Waals surface area contributed by atoms with Gasteiger partial charge in [0.25, 0.3) is 5.91 Å². The van der Waals surface area contributed by atoms with Gasteiger partial charge in [0, 0.05) is 5.02 Å². The Balaban J connectivity index is 2.33. The van der Waals surface area contributed by atoms with Gasteiger partial charge in [0.2, 0.25) is 0 Å². The van der Waals surface area contributed by atoms with Gasteiger partial charge in [0.1, 0.15) is 11.0 Å². The van der Waals surface area contributed by atoms with Gasteiger partial charge in [0.15, 0.2) is 5.66 Å². The third kappa shape index (κ3) is 6.22. The van der Waals surface area contributed by atoms with E-state index in [-0.39, 0.29) is 37.0 Å². The van der Waals surface area contributed by atoms with E-state index in [1.54, 1.807) is 84.0 Å². The highest BCUT2D eigenvalue weighted by Crippen LogP contribution is 2.60. The first-order valence-corrected chi connectivity index (χ1v) is 14.8. The number of rotatable bonds is 10. The van der Waals surface area contributed by atoms with Gasteiger partial charge in [-0.1, -0.05) is 48.0 Å². The van der Waals surface area contributed by atoms with Crippen LogP contribution in [0.2, 0.25) is 5.02 Å². The minimum atomic E-state index is -4.14. The molecule has 2 amide bonds. The Morgan fingerprint density at radius 2 is 1.62 bits per heavy atom. The molecule has 0 N–H and O–H groups in total. The van der Waals surface area contributed by atoms with Crippen molar-refractivity contribution in [3.8, 4) is 0 Å². The van der Waals surface area contributed by atoms with Crippen LogP contribution >= 0.6 is 19.2 Å². The molecule has 9 nitrogen and oxygen atoms in total. The molecule has 2 aromatic rings. The maximum Gasteiger partial charge on any atom is 0.421 e. The number of fused-ring (bicyclic) bond motifs is 1. The summed E-state index contributed by atoms with van der Waals surface area (Å²) in [6, 6.07) is 13.4. The average molecular weight is 580 g/mol. The van der Waals surface area contributed by atoms with E-state index in [0.29, 0.717) is 11.1 Å². The summed E-state index contributed by atoms with van der Waals surface area (Å²) >= 11 is 6.32. The highest BCUT2D eigenvalue weighted by atomic mass is 35.5. The van der Waals surface area contributed by atoms with E-state index in [1.807, 2.05) is 0 Å². The maximum absolute atomic E-state index is 14.5. The van der Waals surface area contributed by atoms with Crippen molar-refractivity contribution >= 4 is 42.9 Å². The molecule has 0 aliphatic carbocycles. The maximum atomic E-state index is 14.5. The summed E-state index contributed by atoms with van der Waals surface area (Å²) in [4.78, 5) is 42.3. The van der Waals surface area contributed by atoms with Crippen LogP contribution in [-0.2, 0) is 38.1 Å². The monoisotopic (exact) mass is 579 g/mol. The number of imide groups is 1. The van der Waals surface area contributed by atoms with Crippen molar-refractivity contribution in [1.82, 2.24) is 0 Å². The lowest BCUT2D eigenvalue weighted by Crippen LogP contribution is -2.48. The topological polar surface area (TPSA) is 108 Å². The van der Waals surface area contributed by atoms with Gasteiger partial charge in [-0.25, -0.2) is 9.69 Å². The summed E-state index contributed by atoms with van der Waals surface area (Å²) in [5.41, 5.74) is -2.97. The second-order valence-electron chi connectivity index (χ2n) is 9.90. The molecule has 0 bridgehead atoms. The standard InChI is InChI=1S/C28H35ClNO8P/c1-7-35-24(31)23(39(34,36-8-2)37-9-3)18-28(19-13-11-10-12-14-19)21-16-15-20(29)17-22(21)30(25(28)32)26(33)38-27(4,5)6/h10-17,23H,7-9,18H2,1-6H3/t23-,28+/m1/s1. The Morgan fingerprint density at radius 1 is 1.00 bits per heavy atom. The number of benzene rings is 2. The minimum Gasteiger partial charge on any atom is -0.465 e. The van der Waals surface area contributed by atoms with Gasteiger partial charge in [-0.15, -0.1) is 0 Å². The van der Waals surface area contributed by atoms with E-state index >= 15 is 0 Å². The highest BCUT2D eigenvalue weighted by molar-refractivity contribution is 7.55. The van der Waals surface area contributed by atoms with Crippen molar-refractivity contribution < 1.29 is 37.5 Å². The normalized spacial score (nSPS) is 18.0. The van der Waals surface area contributed by atoms with Crippen LogP contribution in [0.1, 0.15) is 59.1 Å². The molecule has 3 rings (SSSR count). The highest BCUT2D eigenvalue weighted by Gasteiger charge is 2.59. The Morgan fingerprint density at radius 3 is 2.15 bits per heavy atom. The van der Waals surface area contributed by atoms with Crippen molar-refractivity contribution in [1.29, 1.82) is 0 Å². The Labute approximate surface area is 234 Å². The molecule has 212 valence electrons. The van der Waals surface area contributed by atoms with Crippen LogP contribution in [0.15, 0.2) is 48.5 Å². The fourth-order valence-corrected chi connectivity index (χ4v) is 6.85. The molecule has 11 heteroatoms. The number of esters is 1. The molecule has 0 spiro atoms. The van der Waals surface area contributed by atoms with Crippen molar-refractivity contribution in [2.24, 2.45) is 0 Å². The summed E-state index contributed by atoms with van der Waals surface area (Å²) < 4.78 is 36.1. The van der Waals surface area contributed by atoms with Crippen LogP contribution in [0.3, 0.4) is 0 Å². The van der Waals surface area contributed by atoms with Gasteiger partial charge in [-0.2, -0.15) is 0 Å². The van der Waals surface area contributed by atoms with Crippen molar-refractivity contribution in [3.05, 3.63) is 64.7 Å². The van der Waals surface area contributed by atoms with Crippen LogP contribution in [0, 0.1) is 0 Å². The number of hydrogen-bond donors (Lipinski definition) is 0. The second kappa shape index (κ2) is 12.2. The quantitative estimate of drug-likeness (QED) is 0.232. The van der Waals surface area contributed by atoms with E-state index in [4.69, 9.17) is 30.1 Å². The first-order valence-electron chi connectivity index (χ1n) is 12.8. The lowest BCUT2D eigenvalue weighted by atomic mass is 9.72. The molecule has 39 heavy (non-hydrogen) atoms. The smallest absolute Gasteiger partial charge is 0.421 e. The van der Waals surface area contributed by atoms with Crippen molar-refractivity contribution in [3.63, 3.8) is 0 Å². The van der Waals surface area contributed by atoms with Crippen LogP contribution in [0.25, 0.3) is 0 Å². The van der Waals surface area contributed by atoms with Gasteiger partial charge >= 0.3 is 19.7 Å². The fraction of sp³-hybridized carbons (Fsp3) is 0.464. The SMILES string of the molecule is CCOC(=O)[C@@H](C[C@@]1(c2ccccc2)C(=O)N(C(=O)OC(C)(C)C)c2cc(Cl)ccc21)P(=O)(OCC)OCC. The molecular formula is C28H35ClNO8P. The summed E-state index contributed by atoms with van der Waals surface area (Å²) in [6.45, 7) is 9.94. The van der Waals surface area contributed by atoms with Crippen LogP contribution in [-0.4, -0.2) is 49.1 Å². The molecule has 2 aromatic carbocycles. The number of ether oxygens (including phenoxy) is 2. The van der Waals surface area contributed by atoms with E-state index < -0.39 is 42.2 Å². The minimum absolute atomic E-state index is 0.00427. The van der Waals surface area contributed by atoms with E-state index in [1.165, 1.54) is 6.07 Å². The zero-order valence-electron chi connectivity index (χ0n) is 23.1.